The molecule has 8 heteroatoms. The highest BCUT2D eigenvalue weighted by Crippen LogP contribution is 2.55. The van der Waals surface area contributed by atoms with Gasteiger partial charge in [-0.25, -0.2) is 13.9 Å². The SMILES string of the molecule is CCN1c2ccn3ncc(c3n2)C(=O)NC[C@@H](C)Oc2ccc(F)cc2C12CC2. The molecule has 0 saturated heterocycles. The zero-order valence-electron chi connectivity index (χ0n) is 16.4. The van der Waals surface area contributed by atoms with Crippen LogP contribution in [0.1, 0.15) is 42.6 Å². The van der Waals surface area contributed by atoms with E-state index in [1.165, 1.54) is 12.3 Å². The number of rotatable bonds is 1. The van der Waals surface area contributed by atoms with Gasteiger partial charge in [-0.2, -0.15) is 5.10 Å². The Morgan fingerprint density at radius 1 is 1.34 bits per heavy atom. The Morgan fingerprint density at radius 2 is 2.17 bits per heavy atom. The van der Waals surface area contributed by atoms with E-state index in [4.69, 9.17) is 9.72 Å². The number of halogens is 1. The molecule has 1 saturated carbocycles. The number of amides is 1. The summed E-state index contributed by atoms with van der Waals surface area (Å²) in [5, 5.41) is 7.13. The van der Waals surface area contributed by atoms with E-state index >= 15 is 0 Å². The first-order valence-corrected chi connectivity index (χ1v) is 9.89. The van der Waals surface area contributed by atoms with Crippen LogP contribution in [0, 0.1) is 5.82 Å². The minimum absolute atomic E-state index is 0.247. The fourth-order valence-corrected chi connectivity index (χ4v) is 4.22. The molecule has 3 heterocycles. The van der Waals surface area contributed by atoms with E-state index in [2.05, 4.69) is 22.2 Å². The van der Waals surface area contributed by atoms with Gasteiger partial charge in [0.1, 0.15) is 29.1 Å². The van der Waals surface area contributed by atoms with Crippen molar-refractivity contribution in [3.63, 3.8) is 0 Å². The van der Waals surface area contributed by atoms with Crippen LogP contribution >= 0.6 is 0 Å². The van der Waals surface area contributed by atoms with Crippen molar-refractivity contribution in [3.8, 4) is 5.75 Å². The second kappa shape index (κ2) is 6.43. The molecule has 5 rings (SSSR count). The van der Waals surface area contributed by atoms with E-state index in [-0.39, 0.29) is 23.4 Å². The van der Waals surface area contributed by atoms with Crippen molar-refractivity contribution >= 4 is 17.4 Å². The van der Waals surface area contributed by atoms with Crippen LogP contribution in [0.15, 0.2) is 36.7 Å². The normalized spacial score (nSPS) is 20.4. The number of ether oxygens (including phenoxy) is 1. The standard InChI is InChI=1S/C21H22FN5O2/c1-3-26-18-6-9-27-19(25-18)15(12-24-27)20(28)23-11-13(2)29-17-5-4-14(22)10-16(17)21(26)7-8-21/h4-6,9-10,12-13H,3,7-8,11H2,1-2H3,(H,23,28)/t13-/m1/s1. The van der Waals surface area contributed by atoms with Gasteiger partial charge in [0.15, 0.2) is 5.65 Å². The zero-order valence-corrected chi connectivity index (χ0v) is 16.4. The number of benzene rings is 1. The van der Waals surface area contributed by atoms with E-state index in [9.17, 15) is 9.18 Å². The first kappa shape index (κ1) is 17.9. The van der Waals surface area contributed by atoms with Gasteiger partial charge in [0.2, 0.25) is 0 Å². The zero-order chi connectivity index (χ0) is 20.2. The molecule has 2 aromatic heterocycles. The Labute approximate surface area is 167 Å². The summed E-state index contributed by atoms with van der Waals surface area (Å²) in [6.45, 7) is 4.94. The predicted molar refractivity (Wildman–Crippen MR) is 106 cm³/mol. The third kappa shape index (κ3) is 2.82. The van der Waals surface area contributed by atoms with Crippen LogP contribution in [0.4, 0.5) is 10.2 Å². The third-order valence-corrected chi connectivity index (χ3v) is 5.75. The number of aromatic nitrogens is 3. The van der Waals surface area contributed by atoms with E-state index in [1.807, 2.05) is 13.0 Å². The molecule has 2 aliphatic rings. The first-order chi connectivity index (χ1) is 14.0. The molecule has 150 valence electrons. The lowest BCUT2D eigenvalue weighted by Crippen LogP contribution is -2.37. The molecule has 1 N–H and O–H groups in total. The van der Waals surface area contributed by atoms with Gasteiger partial charge >= 0.3 is 0 Å². The van der Waals surface area contributed by atoms with Gasteiger partial charge in [0.25, 0.3) is 5.91 Å². The van der Waals surface area contributed by atoms with E-state index in [1.54, 1.807) is 22.8 Å². The summed E-state index contributed by atoms with van der Waals surface area (Å²) < 4.78 is 22.0. The summed E-state index contributed by atoms with van der Waals surface area (Å²) in [7, 11) is 0. The Bertz CT molecular complexity index is 1110. The molecular formula is C21H22FN5O2. The Morgan fingerprint density at radius 3 is 2.93 bits per heavy atom. The first-order valence-electron chi connectivity index (χ1n) is 9.89. The lowest BCUT2D eigenvalue weighted by molar-refractivity contribution is 0.0933. The van der Waals surface area contributed by atoms with Gasteiger partial charge < -0.3 is 15.0 Å². The van der Waals surface area contributed by atoms with Gasteiger partial charge in [-0.3, -0.25) is 4.79 Å². The van der Waals surface area contributed by atoms with Crippen molar-refractivity contribution in [2.45, 2.75) is 38.3 Å². The van der Waals surface area contributed by atoms with Crippen molar-refractivity contribution in [1.29, 1.82) is 0 Å². The molecule has 1 atom stereocenters. The van der Waals surface area contributed by atoms with Crippen LogP contribution in [-0.2, 0) is 5.54 Å². The van der Waals surface area contributed by atoms with Crippen molar-refractivity contribution in [3.05, 3.63) is 53.6 Å². The summed E-state index contributed by atoms with van der Waals surface area (Å²) >= 11 is 0. The summed E-state index contributed by atoms with van der Waals surface area (Å²) in [4.78, 5) is 19.6. The van der Waals surface area contributed by atoms with Gasteiger partial charge in [-0.1, -0.05) is 0 Å². The average molecular weight is 395 g/mol. The molecule has 1 aliphatic heterocycles. The molecule has 1 aromatic carbocycles. The maximum atomic E-state index is 14.2. The molecule has 3 aromatic rings. The number of carbonyl (C=O) groups excluding carboxylic acids is 1. The van der Waals surface area contributed by atoms with Crippen LogP contribution < -0.4 is 15.0 Å². The summed E-state index contributed by atoms with van der Waals surface area (Å²) in [6, 6.07) is 6.55. The molecule has 0 radical (unpaired) electrons. The third-order valence-electron chi connectivity index (χ3n) is 5.75. The van der Waals surface area contributed by atoms with Crippen molar-refractivity contribution in [1.82, 2.24) is 19.9 Å². The highest BCUT2D eigenvalue weighted by atomic mass is 19.1. The molecular weight excluding hydrogens is 373 g/mol. The summed E-state index contributed by atoms with van der Waals surface area (Å²) in [5.41, 5.74) is 1.37. The van der Waals surface area contributed by atoms with Crippen molar-refractivity contribution in [2.24, 2.45) is 0 Å². The number of anilines is 1. The summed E-state index contributed by atoms with van der Waals surface area (Å²) in [5.74, 6) is 0.839. The number of carbonyl (C=O) groups is 1. The predicted octanol–water partition coefficient (Wildman–Crippen LogP) is 2.89. The molecule has 7 nitrogen and oxygen atoms in total. The lowest BCUT2D eigenvalue weighted by Gasteiger charge is -2.34. The van der Waals surface area contributed by atoms with Gasteiger partial charge in [0.05, 0.1) is 18.3 Å². The second-order valence-corrected chi connectivity index (χ2v) is 7.67. The smallest absolute Gasteiger partial charge is 0.256 e. The molecule has 1 aliphatic carbocycles. The van der Waals surface area contributed by atoms with E-state index in [0.29, 0.717) is 30.0 Å². The van der Waals surface area contributed by atoms with Gasteiger partial charge in [-0.15, -0.1) is 0 Å². The second-order valence-electron chi connectivity index (χ2n) is 7.67. The van der Waals surface area contributed by atoms with Crippen LogP contribution in [0.2, 0.25) is 0 Å². The quantitative estimate of drug-likeness (QED) is 0.686. The minimum atomic E-state index is -0.372. The number of fused-ring (bicyclic) bond motifs is 3. The Kier molecular flexibility index (Phi) is 3.97. The molecule has 2 bridgehead atoms. The number of nitrogens with zero attached hydrogens (tertiary/aromatic N) is 4. The van der Waals surface area contributed by atoms with Crippen LogP contribution in [0.3, 0.4) is 0 Å². The van der Waals surface area contributed by atoms with Gasteiger partial charge in [0, 0.05) is 18.3 Å². The fourth-order valence-electron chi connectivity index (χ4n) is 4.22. The highest BCUT2D eigenvalue weighted by Gasteiger charge is 2.51. The van der Waals surface area contributed by atoms with E-state index in [0.717, 1.165) is 24.2 Å². The topological polar surface area (TPSA) is 71.8 Å². The molecule has 0 unspecified atom stereocenters. The van der Waals surface area contributed by atoms with Crippen LogP contribution in [0.5, 0.6) is 5.75 Å². The number of hydrogen-bond donors (Lipinski definition) is 1. The number of nitrogens with one attached hydrogen (secondary N) is 1. The average Bonchev–Trinajstić information content (AvgIpc) is 3.39. The monoisotopic (exact) mass is 395 g/mol. The van der Waals surface area contributed by atoms with Crippen molar-refractivity contribution in [2.75, 3.05) is 18.0 Å². The molecule has 1 amide bonds. The van der Waals surface area contributed by atoms with Crippen LogP contribution in [0.25, 0.3) is 5.65 Å². The lowest BCUT2D eigenvalue weighted by atomic mass is 10.0. The molecule has 1 fully saturated rings. The highest BCUT2D eigenvalue weighted by molar-refractivity contribution is 5.99. The summed E-state index contributed by atoms with van der Waals surface area (Å²) in [6.07, 6.45) is 4.81. The van der Waals surface area contributed by atoms with Crippen molar-refractivity contribution < 1.29 is 13.9 Å². The molecule has 29 heavy (non-hydrogen) atoms. The van der Waals surface area contributed by atoms with Crippen LogP contribution in [-0.4, -0.2) is 39.7 Å². The van der Waals surface area contributed by atoms with Gasteiger partial charge in [-0.05, 0) is 51.0 Å². The maximum Gasteiger partial charge on any atom is 0.256 e. The Hall–Kier alpha value is -3.16. The number of hydrogen-bond acceptors (Lipinski definition) is 5. The largest absolute Gasteiger partial charge is 0.489 e. The minimum Gasteiger partial charge on any atom is -0.489 e. The fraction of sp³-hybridized carbons (Fsp3) is 0.381. The Balaban J connectivity index is 1.72. The molecule has 1 spiro atoms. The van der Waals surface area contributed by atoms with E-state index < -0.39 is 0 Å². The maximum absolute atomic E-state index is 14.2.